The largest absolute Gasteiger partial charge is 0.488 e. The van der Waals surface area contributed by atoms with Crippen molar-refractivity contribution in [1.29, 1.82) is 0 Å². The molecule has 3 N–H and O–H groups in total. The number of hydrogen-bond donors (Lipinski definition) is 2. The fourth-order valence-electron chi connectivity index (χ4n) is 2.32. The minimum Gasteiger partial charge on any atom is -0.488 e. The van der Waals surface area contributed by atoms with Gasteiger partial charge in [-0.15, -0.1) is 0 Å². The van der Waals surface area contributed by atoms with E-state index in [9.17, 15) is 4.79 Å². The SMILES string of the molecule is NCCNc1ccc2c(c1)OCc1ccccc1C2=O. The quantitative estimate of drug-likeness (QED) is 0.895. The predicted octanol–water partition coefficient (Wildman–Crippen LogP) is 2.18. The van der Waals surface area contributed by atoms with Crippen LogP contribution in [0.15, 0.2) is 42.5 Å². The predicted molar refractivity (Wildman–Crippen MR) is 78.2 cm³/mol. The molecule has 0 saturated heterocycles. The van der Waals surface area contributed by atoms with E-state index < -0.39 is 0 Å². The van der Waals surface area contributed by atoms with Gasteiger partial charge in [0.25, 0.3) is 0 Å². The van der Waals surface area contributed by atoms with Crippen molar-refractivity contribution in [3.05, 3.63) is 59.2 Å². The van der Waals surface area contributed by atoms with Gasteiger partial charge in [-0.2, -0.15) is 0 Å². The van der Waals surface area contributed by atoms with Crippen molar-refractivity contribution in [1.82, 2.24) is 0 Å². The number of carbonyl (C=O) groups is 1. The summed E-state index contributed by atoms with van der Waals surface area (Å²) in [5, 5.41) is 3.18. The standard InChI is InChI=1S/C16H16N2O2/c17-7-8-18-12-5-6-14-15(9-12)20-10-11-3-1-2-4-13(11)16(14)19/h1-6,9,18H,7-8,10,17H2. The van der Waals surface area contributed by atoms with Crippen LogP contribution in [0.3, 0.4) is 0 Å². The van der Waals surface area contributed by atoms with Gasteiger partial charge in [-0.1, -0.05) is 24.3 Å². The third-order valence-electron chi connectivity index (χ3n) is 3.34. The maximum Gasteiger partial charge on any atom is 0.197 e. The van der Waals surface area contributed by atoms with E-state index in [1.807, 2.05) is 36.4 Å². The lowest BCUT2D eigenvalue weighted by Crippen LogP contribution is -2.13. The van der Waals surface area contributed by atoms with Crippen molar-refractivity contribution >= 4 is 11.5 Å². The number of ketones is 1. The van der Waals surface area contributed by atoms with Crippen LogP contribution in [0.4, 0.5) is 5.69 Å². The lowest BCUT2D eigenvalue weighted by Gasteiger charge is -2.10. The highest BCUT2D eigenvalue weighted by molar-refractivity contribution is 6.12. The van der Waals surface area contributed by atoms with Gasteiger partial charge in [-0.05, 0) is 12.1 Å². The Morgan fingerprint density at radius 1 is 1.15 bits per heavy atom. The van der Waals surface area contributed by atoms with E-state index in [2.05, 4.69) is 5.32 Å². The van der Waals surface area contributed by atoms with Crippen molar-refractivity contribution in [2.24, 2.45) is 5.73 Å². The molecule has 4 heteroatoms. The van der Waals surface area contributed by atoms with Gasteiger partial charge in [0.05, 0.1) is 5.56 Å². The fourth-order valence-corrected chi connectivity index (χ4v) is 2.32. The first-order chi connectivity index (χ1) is 9.79. The fraction of sp³-hybridized carbons (Fsp3) is 0.188. The van der Waals surface area contributed by atoms with Crippen LogP contribution in [-0.4, -0.2) is 18.9 Å². The molecule has 0 spiro atoms. The number of hydrogen-bond acceptors (Lipinski definition) is 4. The Balaban J connectivity index is 1.98. The average Bonchev–Trinajstić information content (AvgIpc) is 2.63. The second-order valence-corrected chi connectivity index (χ2v) is 4.70. The lowest BCUT2D eigenvalue weighted by molar-refractivity contribution is 0.103. The summed E-state index contributed by atoms with van der Waals surface area (Å²) in [6.07, 6.45) is 0. The van der Waals surface area contributed by atoms with E-state index in [1.54, 1.807) is 6.07 Å². The van der Waals surface area contributed by atoms with E-state index in [0.29, 0.717) is 36.6 Å². The maximum atomic E-state index is 12.5. The molecule has 2 aromatic carbocycles. The van der Waals surface area contributed by atoms with Crippen LogP contribution in [-0.2, 0) is 6.61 Å². The highest BCUT2D eigenvalue weighted by atomic mass is 16.5. The number of rotatable bonds is 3. The van der Waals surface area contributed by atoms with Gasteiger partial charge < -0.3 is 15.8 Å². The minimum absolute atomic E-state index is 0.0125. The number of benzene rings is 2. The van der Waals surface area contributed by atoms with Crippen molar-refractivity contribution < 1.29 is 9.53 Å². The highest BCUT2D eigenvalue weighted by Crippen LogP contribution is 2.30. The van der Waals surface area contributed by atoms with Crippen molar-refractivity contribution in [3.63, 3.8) is 0 Å². The summed E-state index contributed by atoms with van der Waals surface area (Å²) >= 11 is 0. The molecule has 0 bridgehead atoms. The first-order valence-corrected chi connectivity index (χ1v) is 6.63. The Labute approximate surface area is 117 Å². The van der Waals surface area contributed by atoms with Gasteiger partial charge >= 0.3 is 0 Å². The molecule has 1 heterocycles. The molecule has 0 aliphatic carbocycles. The zero-order chi connectivity index (χ0) is 13.9. The topological polar surface area (TPSA) is 64.3 Å². The molecule has 0 atom stereocenters. The zero-order valence-electron chi connectivity index (χ0n) is 11.1. The molecule has 1 aliphatic rings. The second kappa shape index (κ2) is 5.35. The lowest BCUT2D eigenvalue weighted by atomic mass is 9.99. The normalized spacial score (nSPS) is 12.9. The van der Waals surface area contributed by atoms with E-state index in [1.165, 1.54) is 0 Å². The van der Waals surface area contributed by atoms with Crippen LogP contribution < -0.4 is 15.8 Å². The van der Waals surface area contributed by atoms with Gasteiger partial charge in [0.15, 0.2) is 5.78 Å². The minimum atomic E-state index is 0.0125. The van der Waals surface area contributed by atoms with Crippen molar-refractivity contribution in [3.8, 4) is 5.75 Å². The molecule has 20 heavy (non-hydrogen) atoms. The van der Waals surface area contributed by atoms with Crippen LogP contribution in [0.25, 0.3) is 0 Å². The van der Waals surface area contributed by atoms with Gasteiger partial charge in [0.2, 0.25) is 0 Å². The summed E-state index contributed by atoms with van der Waals surface area (Å²) in [4.78, 5) is 12.5. The summed E-state index contributed by atoms with van der Waals surface area (Å²) in [5.41, 5.74) is 8.62. The molecule has 102 valence electrons. The van der Waals surface area contributed by atoms with Gasteiger partial charge in [-0.25, -0.2) is 0 Å². The molecule has 1 aliphatic heterocycles. The summed E-state index contributed by atoms with van der Waals surface area (Å²) in [6.45, 7) is 1.66. The third kappa shape index (κ3) is 2.26. The number of nitrogens with one attached hydrogen (secondary N) is 1. The first kappa shape index (κ1) is 12.7. The molecular weight excluding hydrogens is 252 g/mol. The number of anilines is 1. The highest BCUT2D eigenvalue weighted by Gasteiger charge is 2.21. The van der Waals surface area contributed by atoms with Crippen LogP contribution in [0, 0.1) is 0 Å². The van der Waals surface area contributed by atoms with Gasteiger partial charge in [-0.3, -0.25) is 4.79 Å². The Bertz CT molecular complexity index is 653. The molecular formula is C16H16N2O2. The number of carbonyl (C=O) groups excluding carboxylic acids is 1. The van der Waals surface area contributed by atoms with Crippen LogP contribution in [0.5, 0.6) is 5.75 Å². The summed E-state index contributed by atoms with van der Waals surface area (Å²) < 4.78 is 5.77. The van der Waals surface area contributed by atoms with E-state index >= 15 is 0 Å². The zero-order valence-corrected chi connectivity index (χ0v) is 11.1. The summed E-state index contributed by atoms with van der Waals surface area (Å²) in [5.74, 6) is 0.631. The molecule has 3 rings (SSSR count). The molecule has 4 nitrogen and oxygen atoms in total. The molecule has 2 aromatic rings. The number of fused-ring (bicyclic) bond motifs is 2. The number of nitrogens with two attached hydrogens (primary N) is 1. The summed E-state index contributed by atoms with van der Waals surface area (Å²) in [6, 6.07) is 13.1. The second-order valence-electron chi connectivity index (χ2n) is 4.70. The maximum absolute atomic E-state index is 12.5. The molecule has 0 amide bonds. The average molecular weight is 268 g/mol. The first-order valence-electron chi connectivity index (χ1n) is 6.63. The third-order valence-corrected chi connectivity index (χ3v) is 3.34. The van der Waals surface area contributed by atoms with E-state index in [-0.39, 0.29) is 5.78 Å². The van der Waals surface area contributed by atoms with Crippen LogP contribution in [0.1, 0.15) is 21.5 Å². The monoisotopic (exact) mass is 268 g/mol. The van der Waals surface area contributed by atoms with Crippen LogP contribution >= 0.6 is 0 Å². The smallest absolute Gasteiger partial charge is 0.197 e. The molecule has 0 radical (unpaired) electrons. The van der Waals surface area contributed by atoms with Crippen molar-refractivity contribution in [2.75, 3.05) is 18.4 Å². The molecule has 0 fully saturated rings. The Hall–Kier alpha value is -2.33. The van der Waals surface area contributed by atoms with Crippen LogP contribution in [0.2, 0.25) is 0 Å². The molecule has 0 unspecified atom stereocenters. The van der Waals surface area contributed by atoms with E-state index in [0.717, 1.165) is 11.3 Å². The number of ether oxygens (including phenoxy) is 1. The Kier molecular flexibility index (Phi) is 3.39. The molecule has 0 aromatic heterocycles. The Morgan fingerprint density at radius 3 is 2.85 bits per heavy atom. The molecule has 0 saturated carbocycles. The summed E-state index contributed by atoms with van der Waals surface area (Å²) in [7, 11) is 0. The Morgan fingerprint density at radius 2 is 2.00 bits per heavy atom. The van der Waals surface area contributed by atoms with Gasteiger partial charge in [0.1, 0.15) is 12.4 Å². The van der Waals surface area contributed by atoms with Gasteiger partial charge in [0, 0.05) is 36.0 Å². The van der Waals surface area contributed by atoms with Crippen molar-refractivity contribution in [2.45, 2.75) is 6.61 Å². The van der Waals surface area contributed by atoms with E-state index in [4.69, 9.17) is 10.5 Å².